The zero-order chi connectivity index (χ0) is 14.2. The van der Waals surface area contributed by atoms with Crippen LogP contribution in [0.4, 0.5) is 0 Å². The van der Waals surface area contributed by atoms with Gasteiger partial charge in [0.15, 0.2) is 0 Å². The molecule has 104 valence electrons. The van der Waals surface area contributed by atoms with Crippen LogP contribution in [0.2, 0.25) is 0 Å². The second-order valence-electron chi connectivity index (χ2n) is 5.04. The lowest BCUT2D eigenvalue weighted by Crippen LogP contribution is -2.36. The topological polar surface area (TPSA) is 98.3 Å². The zero-order valence-electron chi connectivity index (χ0n) is 11.0. The minimum Gasteiger partial charge on any atom is -0.464 e. The molecule has 0 aliphatic heterocycles. The number of furan rings is 1. The van der Waals surface area contributed by atoms with E-state index in [0.29, 0.717) is 11.7 Å². The second kappa shape index (κ2) is 4.73. The van der Waals surface area contributed by atoms with Crippen LogP contribution in [0.3, 0.4) is 0 Å². The van der Waals surface area contributed by atoms with Gasteiger partial charge >= 0.3 is 0 Å². The molecule has 1 unspecified atom stereocenters. The van der Waals surface area contributed by atoms with Crippen LogP contribution in [-0.2, 0) is 6.42 Å². The molecule has 3 aromatic rings. The molecule has 1 atom stereocenters. The number of aromatic nitrogens is 2. The van der Waals surface area contributed by atoms with Crippen LogP contribution in [0, 0.1) is 0 Å². The Morgan fingerprint density at radius 3 is 2.95 bits per heavy atom. The number of fused-ring (bicyclic) bond motifs is 1. The molecule has 0 spiro atoms. The highest BCUT2D eigenvalue weighted by Crippen LogP contribution is 2.28. The maximum atomic E-state index is 9.92. The molecular weight excluding hydrogens is 258 g/mol. The molecule has 6 heteroatoms. The summed E-state index contributed by atoms with van der Waals surface area (Å²) in [6.07, 6.45) is 1.81. The second-order valence-corrected chi connectivity index (χ2v) is 5.04. The van der Waals surface area contributed by atoms with Crippen molar-refractivity contribution in [3.63, 3.8) is 0 Å². The van der Waals surface area contributed by atoms with Crippen LogP contribution < -0.4 is 5.73 Å². The first-order valence-corrected chi connectivity index (χ1v) is 6.31. The van der Waals surface area contributed by atoms with Crippen molar-refractivity contribution in [1.29, 1.82) is 0 Å². The van der Waals surface area contributed by atoms with Gasteiger partial charge in [0.05, 0.1) is 17.6 Å². The molecule has 0 fully saturated rings. The van der Waals surface area contributed by atoms with Gasteiger partial charge in [-0.1, -0.05) is 23.4 Å². The van der Waals surface area contributed by atoms with E-state index < -0.39 is 5.60 Å². The number of benzene rings is 1. The number of rotatable bonds is 4. The van der Waals surface area contributed by atoms with Gasteiger partial charge in [-0.05, 0) is 13.0 Å². The number of nitrogens with zero attached hydrogens (tertiary/aromatic N) is 2. The van der Waals surface area contributed by atoms with Crippen LogP contribution in [0.5, 0.6) is 0 Å². The van der Waals surface area contributed by atoms with Crippen LogP contribution in [0.25, 0.3) is 22.4 Å². The fourth-order valence-corrected chi connectivity index (χ4v) is 1.98. The molecule has 3 N–H and O–H groups in total. The maximum absolute atomic E-state index is 9.92. The SMILES string of the molecule is CC(O)(CN)Cc1nc(-c2coc3ccccc23)no1. The van der Waals surface area contributed by atoms with E-state index in [1.165, 1.54) is 0 Å². The molecule has 6 nitrogen and oxygen atoms in total. The quantitative estimate of drug-likeness (QED) is 0.751. The summed E-state index contributed by atoms with van der Waals surface area (Å²) in [6, 6.07) is 7.62. The third-order valence-corrected chi connectivity index (χ3v) is 3.16. The molecule has 0 saturated heterocycles. The number of para-hydroxylation sites is 1. The first kappa shape index (κ1) is 12.8. The third-order valence-electron chi connectivity index (χ3n) is 3.16. The van der Waals surface area contributed by atoms with Crippen molar-refractivity contribution in [1.82, 2.24) is 10.1 Å². The number of hydrogen-bond donors (Lipinski definition) is 2. The molecule has 0 aliphatic carbocycles. The van der Waals surface area contributed by atoms with Crippen molar-refractivity contribution < 1.29 is 14.0 Å². The Morgan fingerprint density at radius 1 is 1.35 bits per heavy atom. The van der Waals surface area contributed by atoms with Crippen LogP contribution in [-0.4, -0.2) is 27.4 Å². The van der Waals surface area contributed by atoms with Crippen molar-refractivity contribution in [3.8, 4) is 11.4 Å². The van der Waals surface area contributed by atoms with E-state index in [2.05, 4.69) is 10.1 Å². The Labute approximate surface area is 115 Å². The van der Waals surface area contributed by atoms with E-state index in [9.17, 15) is 5.11 Å². The lowest BCUT2D eigenvalue weighted by molar-refractivity contribution is 0.0610. The number of nitrogens with two attached hydrogens (primary N) is 1. The summed E-state index contributed by atoms with van der Waals surface area (Å²) in [5, 5.41) is 14.8. The zero-order valence-corrected chi connectivity index (χ0v) is 11.0. The summed E-state index contributed by atoms with van der Waals surface area (Å²) in [4.78, 5) is 4.28. The molecule has 2 heterocycles. The normalized spacial score (nSPS) is 14.6. The largest absolute Gasteiger partial charge is 0.464 e. The van der Waals surface area contributed by atoms with E-state index >= 15 is 0 Å². The standard InChI is InChI=1S/C14H15N3O3/c1-14(18,8-15)6-12-16-13(17-20-12)10-7-19-11-5-3-2-4-9(10)11/h2-5,7,18H,6,8,15H2,1H3. The molecule has 0 bridgehead atoms. The van der Waals surface area contributed by atoms with Gasteiger partial charge in [0.25, 0.3) is 0 Å². The average molecular weight is 273 g/mol. The lowest BCUT2D eigenvalue weighted by Gasteiger charge is -2.17. The van der Waals surface area contributed by atoms with E-state index in [-0.39, 0.29) is 13.0 Å². The minimum atomic E-state index is -1.05. The van der Waals surface area contributed by atoms with Crippen molar-refractivity contribution >= 4 is 11.0 Å². The fraction of sp³-hybridized carbons (Fsp3) is 0.286. The van der Waals surface area contributed by atoms with Crippen molar-refractivity contribution in [2.24, 2.45) is 5.73 Å². The van der Waals surface area contributed by atoms with Gasteiger partial charge in [0.1, 0.15) is 11.8 Å². The van der Waals surface area contributed by atoms with Gasteiger partial charge in [-0.15, -0.1) is 0 Å². The van der Waals surface area contributed by atoms with Gasteiger partial charge in [-0.3, -0.25) is 0 Å². The Kier molecular flexibility index (Phi) is 3.04. The fourth-order valence-electron chi connectivity index (χ4n) is 1.98. The van der Waals surface area contributed by atoms with Crippen molar-refractivity contribution in [2.45, 2.75) is 18.9 Å². The summed E-state index contributed by atoms with van der Waals surface area (Å²) in [5.41, 5.74) is 5.95. The third kappa shape index (κ3) is 2.31. The van der Waals surface area contributed by atoms with Crippen molar-refractivity contribution in [3.05, 3.63) is 36.4 Å². The van der Waals surface area contributed by atoms with E-state index in [1.807, 2.05) is 24.3 Å². The molecule has 1 aromatic carbocycles. The van der Waals surface area contributed by atoms with Gasteiger partial charge in [-0.2, -0.15) is 4.98 Å². The molecule has 20 heavy (non-hydrogen) atoms. The predicted octanol–water partition coefficient (Wildman–Crippen LogP) is 1.74. The highest BCUT2D eigenvalue weighted by atomic mass is 16.5. The molecular formula is C14H15N3O3. The average Bonchev–Trinajstić information content (AvgIpc) is 3.04. The first-order valence-electron chi connectivity index (χ1n) is 6.31. The molecule has 2 aromatic heterocycles. The Bertz CT molecular complexity index is 730. The number of hydrogen-bond acceptors (Lipinski definition) is 6. The Morgan fingerprint density at radius 2 is 2.15 bits per heavy atom. The smallest absolute Gasteiger partial charge is 0.229 e. The van der Waals surface area contributed by atoms with Gasteiger partial charge in [-0.25, -0.2) is 0 Å². The molecule has 0 saturated carbocycles. The van der Waals surface area contributed by atoms with Gasteiger partial charge < -0.3 is 19.8 Å². The maximum Gasteiger partial charge on any atom is 0.229 e. The molecule has 3 rings (SSSR count). The molecule has 0 aliphatic rings. The summed E-state index contributed by atoms with van der Waals surface area (Å²) >= 11 is 0. The van der Waals surface area contributed by atoms with Crippen LogP contribution in [0.1, 0.15) is 12.8 Å². The van der Waals surface area contributed by atoms with Gasteiger partial charge in [0.2, 0.25) is 11.7 Å². The van der Waals surface area contributed by atoms with Crippen LogP contribution in [0.15, 0.2) is 39.5 Å². The van der Waals surface area contributed by atoms with E-state index in [1.54, 1.807) is 13.2 Å². The van der Waals surface area contributed by atoms with E-state index in [0.717, 1.165) is 16.5 Å². The summed E-state index contributed by atoms with van der Waals surface area (Å²) in [6.45, 7) is 1.75. The monoisotopic (exact) mass is 273 g/mol. The lowest BCUT2D eigenvalue weighted by atomic mass is 10.0. The predicted molar refractivity (Wildman–Crippen MR) is 72.9 cm³/mol. The van der Waals surface area contributed by atoms with Crippen LogP contribution >= 0.6 is 0 Å². The summed E-state index contributed by atoms with van der Waals surface area (Å²) in [5.74, 6) is 0.790. The van der Waals surface area contributed by atoms with E-state index in [4.69, 9.17) is 14.7 Å². The Hall–Kier alpha value is -2.18. The molecule has 0 amide bonds. The van der Waals surface area contributed by atoms with Gasteiger partial charge in [0, 0.05) is 11.9 Å². The highest BCUT2D eigenvalue weighted by molar-refractivity contribution is 5.91. The minimum absolute atomic E-state index is 0.124. The summed E-state index contributed by atoms with van der Waals surface area (Å²) < 4.78 is 10.6. The summed E-state index contributed by atoms with van der Waals surface area (Å²) in [7, 11) is 0. The molecule has 0 radical (unpaired) electrons. The van der Waals surface area contributed by atoms with Crippen molar-refractivity contribution in [2.75, 3.05) is 6.54 Å². The highest BCUT2D eigenvalue weighted by Gasteiger charge is 2.23. The number of aliphatic hydroxyl groups is 1. The Balaban J connectivity index is 1.94. The first-order chi connectivity index (χ1) is 9.59.